The van der Waals surface area contributed by atoms with Gasteiger partial charge in [0, 0.05) is 13.2 Å². The Bertz CT molecular complexity index is 119. The van der Waals surface area contributed by atoms with Crippen molar-refractivity contribution >= 4 is 0 Å². The summed E-state index contributed by atoms with van der Waals surface area (Å²) in [7, 11) is 0. The molecule has 0 aromatic heterocycles. The molecule has 0 aliphatic rings. The van der Waals surface area contributed by atoms with E-state index in [4.69, 9.17) is 5.11 Å². The molecule has 0 aromatic rings. The van der Waals surface area contributed by atoms with E-state index in [1.54, 1.807) is 0 Å². The van der Waals surface area contributed by atoms with E-state index in [0.29, 0.717) is 13.2 Å². The highest BCUT2D eigenvalue weighted by atomic mass is 16.3. The molecule has 14 heavy (non-hydrogen) atoms. The maximum atomic E-state index is 9.41. The van der Waals surface area contributed by atoms with Gasteiger partial charge in [0.05, 0.1) is 0 Å². The van der Waals surface area contributed by atoms with Crippen LogP contribution in [0.3, 0.4) is 0 Å². The minimum absolute atomic E-state index is 0.157. The molecule has 0 aliphatic carbocycles. The molecule has 2 heteroatoms. The van der Waals surface area contributed by atoms with Gasteiger partial charge in [-0.2, -0.15) is 0 Å². The molecule has 0 fully saturated rings. The van der Waals surface area contributed by atoms with Crippen LogP contribution in [0.15, 0.2) is 0 Å². The molecular formula is C12H26O2. The van der Waals surface area contributed by atoms with Crippen LogP contribution in [0.25, 0.3) is 0 Å². The molecule has 0 saturated carbocycles. The van der Waals surface area contributed by atoms with Crippen molar-refractivity contribution in [2.75, 3.05) is 13.2 Å². The standard InChI is InChI=1S/C12H26O2/c1-3-8-12(4-2,11-14)9-6-5-7-10-13/h13-14H,3-11H2,1-2H3. The van der Waals surface area contributed by atoms with Gasteiger partial charge in [0.25, 0.3) is 0 Å². The fourth-order valence-electron chi connectivity index (χ4n) is 2.07. The number of unbranched alkanes of at least 4 members (excludes halogenated alkanes) is 2. The fourth-order valence-corrected chi connectivity index (χ4v) is 2.07. The predicted molar refractivity (Wildman–Crippen MR) is 60.3 cm³/mol. The van der Waals surface area contributed by atoms with E-state index < -0.39 is 0 Å². The van der Waals surface area contributed by atoms with Crippen LogP contribution >= 0.6 is 0 Å². The Hall–Kier alpha value is -0.0800. The maximum absolute atomic E-state index is 9.41. The SMILES string of the molecule is CCCC(CC)(CO)CCCCCO. The van der Waals surface area contributed by atoms with Gasteiger partial charge in [0.15, 0.2) is 0 Å². The van der Waals surface area contributed by atoms with Crippen molar-refractivity contribution in [2.45, 2.75) is 58.8 Å². The zero-order valence-corrected chi connectivity index (χ0v) is 9.76. The topological polar surface area (TPSA) is 40.5 Å². The lowest BCUT2D eigenvalue weighted by Crippen LogP contribution is -2.24. The molecule has 0 radical (unpaired) electrons. The van der Waals surface area contributed by atoms with Gasteiger partial charge in [0.1, 0.15) is 0 Å². The predicted octanol–water partition coefficient (Wildman–Crippen LogP) is 2.73. The van der Waals surface area contributed by atoms with E-state index in [9.17, 15) is 5.11 Å². The van der Waals surface area contributed by atoms with Gasteiger partial charge >= 0.3 is 0 Å². The van der Waals surface area contributed by atoms with Crippen LogP contribution in [0.5, 0.6) is 0 Å². The highest BCUT2D eigenvalue weighted by molar-refractivity contribution is 4.76. The number of aliphatic hydroxyl groups is 2. The second-order valence-electron chi connectivity index (χ2n) is 4.30. The third-order valence-electron chi connectivity index (χ3n) is 3.23. The lowest BCUT2D eigenvalue weighted by molar-refractivity contribution is 0.0956. The van der Waals surface area contributed by atoms with Crippen LogP contribution in [0, 0.1) is 5.41 Å². The van der Waals surface area contributed by atoms with Crippen molar-refractivity contribution in [2.24, 2.45) is 5.41 Å². The zero-order chi connectivity index (χ0) is 10.9. The molecule has 0 aromatic carbocycles. The Kier molecular flexibility index (Phi) is 8.20. The summed E-state index contributed by atoms with van der Waals surface area (Å²) < 4.78 is 0. The number of hydrogen-bond donors (Lipinski definition) is 2. The number of hydrogen-bond acceptors (Lipinski definition) is 2. The van der Waals surface area contributed by atoms with Crippen LogP contribution < -0.4 is 0 Å². The van der Waals surface area contributed by atoms with E-state index in [1.165, 1.54) is 0 Å². The minimum Gasteiger partial charge on any atom is -0.396 e. The Morgan fingerprint density at radius 2 is 1.64 bits per heavy atom. The molecule has 1 unspecified atom stereocenters. The Morgan fingerprint density at radius 1 is 0.929 bits per heavy atom. The van der Waals surface area contributed by atoms with Gasteiger partial charge in [-0.3, -0.25) is 0 Å². The van der Waals surface area contributed by atoms with Crippen LogP contribution in [-0.4, -0.2) is 23.4 Å². The highest BCUT2D eigenvalue weighted by Gasteiger charge is 2.25. The van der Waals surface area contributed by atoms with Crippen LogP contribution in [0.4, 0.5) is 0 Å². The minimum atomic E-state index is 0.157. The lowest BCUT2D eigenvalue weighted by Gasteiger charge is -2.30. The summed E-state index contributed by atoms with van der Waals surface area (Å²) in [5, 5.41) is 18.1. The summed E-state index contributed by atoms with van der Waals surface area (Å²) in [6.07, 6.45) is 7.56. The zero-order valence-electron chi connectivity index (χ0n) is 9.76. The summed E-state index contributed by atoms with van der Waals surface area (Å²) in [4.78, 5) is 0. The average molecular weight is 202 g/mol. The van der Waals surface area contributed by atoms with Crippen molar-refractivity contribution < 1.29 is 10.2 Å². The first kappa shape index (κ1) is 13.9. The molecule has 0 rings (SSSR count). The summed E-state index contributed by atoms with van der Waals surface area (Å²) in [6, 6.07) is 0. The normalized spacial score (nSPS) is 15.4. The van der Waals surface area contributed by atoms with E-state index in [0.717, 1.165) is 44.9 Å². The molecule has 0 aliphatic heterocycles. The summed E-state index contributed by atoms with van der Waals surface area (Å²) in [6.45, 7) is 4.95. The van der Waals surface area contributed by atoms with E-state index in [2.05, 4.69) is 13.8 Å². The molecule has 86 valence electrons. The number of aliphatic hydroxyl groups excluding tert-OH is 2. The summed E-state index contributed by atoms with van der Waals surface area (Å²) in [5.74, 6) is 0. The van der Waals surface area contributed by atoms with Crippen LogP contribution in [0.1, 0.15) is 58.8 Å². The molecule has 0 amide bonds. The molecule has 0 spiro atoms. The molecule has 0 bridgehead atoms. The first-order valence-electron chi connectivity index (χ1n) is 5.96. The second kappa shape index (κ2) is 8.25. The van der Waals surface area contributed by atoms with Gasteiger partial charge < -0.3 is 10.2 Å². The van der Waals surface area contributed by atoms with Gasteiger partial charge in [-0.25, -0.2) is 0 Å². The molecule has 0 saturated heterocycles. The Labute approximate surface area is 88.3 Å². The van der Waals surface area contributed by atoms with E-state index in [-0.39, 0.29) is 5.41 Å². The first-order chi connectivity index (χ1) is 6.74. The Balaban J connectivity index is 3.82. The third-order valence-corrected chi connectivity index (χ3v) is 3.23. The largest absolute Gasteiger partial charge is 0.396 e. The molecule has 1 atom stereocenters. The van der Waals surface area contributed by atoms with Gasteiger partial charge in [-0.05, 0) is 31.1 Å². The molecule has 0 heterocycles. The van der Waals surface area contributed by atoms with Crippen LogP contribution in [-0.2, 0) is 0 Å². The molecule has 2 nitrogen and oxygen atoms in total. The maximum Gasteiger partial charge on any atom is 0.0487 e. The lowest BCUT2D eigenvalue weighted by atomic mass is 9.77. The van der Waals surface area contributed by atoms with E-state index in [1.807, 2.05) is 0 Å². The first-order valence-corrected chi connectivity index (χ1v) is 5.96. The van der Waals surface area contributed by atoms with Crippen molar-refractivity contribution in [1.82, 2.24) is 0 Å². The van der Waals surface area contributed by atoms with Gasteiger partial charge in [0.2, 0.25) is 0 Å². The second-order valence-corrected chi connectivity index (χ2v) is 4.30. The number of rotatable bonds is 9. The third kappa shape index (κ3) is 4.97. The fraction of sp³-hybridized carbons (Fsp3) is 1.00. The van der Waals surface area contributed by atoms with Crippen molar-refractivity contribution in [1.29, 1.82) is 0 Å². The van der Waals surface area contributed by atoms with Crippen molar-refractivity contribution in [3.8, 4) is 0 Å². The highest BCUT2D eigenvalue weighted by Crippen LogP contribution is 2.33. The van der Waals surface area contributed by atoms with Crippen LogP contribution in [0.2, 0.25) is 0 Å². The molecular weight excluding hydrogens is 176 g/mol. The monoisotopic (exact) mass is 202 g/mol. The molecule has 2 N–H and O–H groups in total. The van der Waals surface area contributed by atoms with Crippen molar-refractivity contribution in [3.63, 3.8) is 0 Å². The Morgan fingerprint density at radius 3 is 2.07 bits per heavy atom. The van der Waals surface area contributed by atoms with Gasteiger partial charge in [-0.1, -0.05) is 33.1 Å². The quantitative estimate of drug-likeness (QED) is 0.564. The van der Waals surface area contributed by atoms with E-state index >= 15 is 0 Å². The average Bonchev–Trinajstić information content (AvgIpc) is 2.23. The van der Waals surface area contributed by atoms with Gasteiger partial charge in [-0.15, -0.1) is 0 Å². The smallest absolute Gasteiger partial charge is 0.0487 e. The summed E-state index contributed by atoms with van der Waals surface area (Å²) >= 11 is 0. The summed E-state index contributed by atoms with van der Waals surface area (Å²) in [5.41, 5.74) is 0.157. The van der Waals surface area contributed by atoms with Crippen molar-refractivity contribution in [3.05, 3.63) is 0 Å².